The highest BCUT2D eigenvalue weighted by molar-refractivity contribution is 6.17. The van der Waals surface area contributed by atoms with E-state index in [1.807, 2.05) is 36.7 Å². The van der Waals surface area contributed by atoms with Crippen LogP contribution in [0.4, 0.5) is 0 Å². The van der Waals surface area contributed by atoms with Crippen molar-refractivity contribution in [3.63, 3.8) is 0 Å². The van der Waals surface area contributed by atoms with Crippen LogP contribution in [0.25, 0.3) is 0 Å². The average Bonchev–Trinajstić information content (AvgIpc) is 2.53. The summed E-state index contributed by atoms with van der Waals surface area (Å²) in [4.78, 5) is 7.81. The highest BCUT2D eigenvalue weighted by atomic mass is 35.5. The Morgan fingerprint density at radius 2 is 1.25 bits per heavy atom. The molecule has 2 aromatic rings. The minimum atomic E-state index is 0.266. The van der Waals surface area contributed by atoms with Gasteiger partial charge in [-0.3, -0.25) is 9.97 Å². The average molecular weight is 293 g/mol. The van der Waals surface area contributed by atoms with Crippen molar-refractivity contribution in [3.05, 3.63) is 60.2 Å². The summed E-state index contributed by atoms with van der Waals surface area (Å²) in [5.41, 5.74) is 2.56. The number of rotatable bonds is 6. The van der Waals surface area contributed by atoms with Crippen molar-refractivity contribution < 1.29 is 5.11 Å². The van der Waals surface area contributed by atoms with Crippen LogP contribution in [0.15, 0.2) is 49.1 Å². The summed E-state index contributed by atoms with van der Waals surface area (Å²) in [6.07, 6.45) is 11.0. The summed E-state index contributed by atoms with van der Waals surface area (Å²) >= 11 is 5.54. The van der Waals surface area contributed by atoms with Crippen LogP contribution in [-0.2, 0) is 12.8 Å². The third-order valence-corrected chi connectivity index (χ3v) is 2.99. The molecule has 3 nitrogen and oxygen atoms in total. The maximum atomic E-state index is 8.51. The van der Waals surface area contributed by atoms with Crippen LogP contribution in [0.5, 0.6) is 0 Å². The van der Waals surface area contributed by atoms with Crippen molar-refractivity contribution in [3.8, 4) is 0 Å². The van der Waals surface area contributed by atoms with E-state index in [0.29, 0.717) is 0 Å². The van der Waals surface area contributed by atoms with Gasteiger partial charge in [0.1, 0.15) is 0 Å². The van der Waals surface area contributed by atoms with E-state index in [-0.39, 0.29) is 6.61 Å². The number of pyridine rings is 2. The number of aromatic nitrogens is 2. The van der Waals surface area contributed by atoms with Gasteiger partial charge in [0.15, 0.2) is 0 Å². The lowest BCUT2D eigenvalue weighted by Gasteiger charge is -1.95. The Morgan fingerprint density at radius 1 is 0.800 bits per heavy atom. The van der Waals surface area contributed by atoms with Gasteiger partial charge in [-0.2, -0.15) is 0 Å². The Hall–Kier alpha value is -1.45. The second-order valence-corrected chi connectivity index (χ2v) is 4.71. The molecule has 0 aromatic carbocycles. The first-order chi connectivity index (χ1) is 9.86. The van der Waals surface area contributed by atoms with Gasteiger partial charge in [-0.15, -0.1) is 11.6 Å². The topological polar surface area (TPSA) is 46.0 Å². The number of alkyl halides is 1. The SMILES string of the molecule is ClCCCc1ccncc1.OCCCc1ccncc1. The van der Waals surface area contributed by atoms with Crippen molar-refractivity contribution in [2.75, 3.05) is 12.5 Å². The molecule has 0 spiro atoms. The highest BCUT2D eigenvalue weighted by Crippen LogP contribution is 2.01. The number of aliphatic hydroxyl groups is 1. The van der Waals surface area contributed by atoms with E-state index in [4.69, 9.17) is 16.7 Å². The molecule has 0 fully saturated rings. The van der Waals surface area contributed by atoms with Gasteiger partial charge in [0.05, 0.1) is 0 Å². The number of hydrogen-bond donors (Lipinski definition) is 1. The first-order valence-corrected chi connectivity index (χ1v) is 7.35. The summed E-state index contributed by atoms with van der Waals surface area (Å²) in [6.45, 7) is 0.266. The fraction of sp³-hybridized carbons (Fsp3) is 0.375. The second-order valence-electron chi connectivity index (χ2n) is 4.33. The minimum absolute atomic E-state index is 0.266. The molecule has 1 N–H and O–H groups in total. The maximum absolute atomic E-state index is 8.51. The zero-order valence-electron chi connectivity index (χ0n) is 11.6. The number of hydrogen-bond acceptors (Lipinski definition) is 3. The number of aryl methyl sites for hydroxylation is 2. The summed E-state index contributed by atoms with van der Waals surface area (Å²) in [5.74, 6) is 0.738. The van der Waals surface area contributed by atoms with E-state index in [1.165, 1.54) is 11.1 Å². The summed E-state index contributed by atoms with van der Waals surface area (Å²) in [6, 6.07) is 7.98. The molecule has 20 heavy (non-hydrogen) atoms. The summed E-state index contributed by atoms with van der Waals surface area (Å²) in [5, 5.41) is 8.51. The standard InChI is InChI=1S/C8H10ClN.C8H11NO/c9-5-1-2-8-3-6-10-7-4-8;10-7-1-2-8-3-5-9-6-4-8/h3-4,6-7H,1-2,5H2;3-6,10H,1-2,7H2. The number of aliphatic hydroxyl groups excluding tert-OH is 1. The molecule has 0 atom stereocenters. The van der Waals surface area contributed by atoms with Gasteiger partial charge in [0.25, 0.3) is 0 Å². The van der Waals surface area contributed by atoms with Crippen molar-refractivity contribution in [1.29, 1.82) is 0 Å². The zero-order valence-corrected chi connectivity index (χ0v) is 12.3. The summed E-state index contributed by atoms with van der Waals surface area (Å²) in [7, 11) is 0. The lowest BCUT2D eigenvalue weighted by molar-refractivity contribution is 0.288. The van der Waals surface area contributed by atoms with Crippen LogP contribution in [0.2, 0.25) is 0 Å². The molecule has 2 rings (SSSR count). The zero-order chi connectivity index (χ0) is 14.5. The number of nitrogens with zero attached hydrogens (tertiary/aromatic N) is 2. The molecule has 0 bridgehead atoms. The quantitative estimate of drug-likeness (QED) is 0.831. The minimum Gasteiger partial charge on any atom is -0.396 e. The molecule has 0 aliphatic heterocycles. The molecule has 0 aliphatic rings. The Labute approximate surface area is 125 Å². The van der Waals surface area contributed by atoms with Gasteiger partial charge in [-0.1, -0.05) is 0 Å². The van der Waals surface area contributed by atoms with Gasteiger partial charge >= 0.3 is 0 Å². The lowest BCUT2D eigenvalue weighted by Crippen LogP contribution is -1.88. The van der Waals surface area contributed by atoms with Crippen LogP contribution < -0.4 is 0 Å². The lowest BCUT2D eigenvalue weighted by atomic mass is 10.1. The van der Waals surface area contributed by atoms with Crippen LogP contribution >= 0.6 is 11.6 Å². The molecule has 0 radical (unpaired) electrons. The molecule has 4 heteroatoms. The van der Waals surface area contributed by atoms with Gasteiger partial charge in [0.2, 0.25) is 0 Å². The van der Waals surface area contributed by atoms with Gasteiger partial charge < -0.3 is 5.11 Å². The molecular formula is C16H21ClN2O. The monoisotopic (exact) mass is 292 g/mol. The van der Waals surface area contributed by atoms with Gasteiger partial charge in [-0.05, 0) is 61.1 Å². The molecule has 108 valence electrons. The van der Waals surface area contributed by atoms with E-state index < -0.39 is 0 Å². The molecule has 0 amide bonds. The first-order valence-electron chi connectivity index (χ1n) is 6.81. The Bertz CT molecular complexity index is 393. The maximum Gasteiger partial charge on any atom is 0.0434 e. The van der Waals surface area contributed by atoms with E-state index in [1.54, 1.807) is 12.4 Å². The van der Waals surface area contributed by atoms with E-state index in [2.05, 4.69) is 9.97 Å². The Kier molecular flexibility index (Phi) is 9.45. The fourth-order valence-electron chi connectivity index (χ4n) is 1.65. The van der Waals surface area contributed by atoms with E-state index >= 15 is 0 Å². The van der Waals surface area contributed by atoms with Crippen LogP contribution in [0, 0.1) is 0 Å². The largest absolute Gasteiger partial charge is 0.396 e. The second kappa shape index (κ2) is 11.4. The van der Waals surface area contributed by atoms with Crippen LogP contribution in [0.1, 0.15) is 24.0 Å². The molecule has 0 saturated carbocycles. The van der Waals surface area contributed by atoms with Crippen LogP contribution in [0.3, 0.4) is 0 Å². The van der Waals surface area contributed by atoms with Crippen LogP contribution in [-0.4, -0.2) is 27.6 Å². The van der Waals surface area contributed by atoms with Crippen molar-refractivity contribution in [2.45, 2.75) is 25.7 Å². The fourth-order valence-corrected chi connectivity index (χ4v) is 1.79. The number of halogens is 1. The molecule has 0 unspecified atom stereocenters. The molecule has 0 aliphatic carbocycles. The van der Waals surface area contributed by atoms with E-state index in [0.717, 1.165) is 31.6 Å². The van der Waals surface area contributed by atoms with Crippen molar-refractivity contribution in [2.24, 2.45) is 0 Å². The Balaban J connectivity index is 0.000000200. The van der Waals surface area contributed by atoms with Gasteiger partial charge in [-0.25, -0.2) is 0 Å². The molecular weight excluding hydrogens is 272 g/mol. The third-order valence-electron chi connectivity index (χ3n) is 2.72. The predicted octanol–water partition coefficient (Wildman–Crippen LogP) is 3.26. The predicted molar refractivity (Wildman–Crippen MR) is 82.9 cm³/mol. The highest BCUT2D eigenvalue weighted by Gasteiger charge is 1.89. The van der Waals surface area contributed by atoms with Gasteiger partial charge in [0, 0.05) is 37.3 Å². The Morgan fingerprint density at radius 3 is 1.65 bits per heavy atom. The molecule has 2 heterocycles. The first kappa shape index (κ1) is 16.6. The van der Waals surface area contributed by atoms with Crippen molar-refractivity contribution >= 4 is 11.6 Å². The third kappa shape index (κ3) is 7.87. The smallest absolute Gasteiger partial charge is 0.0434 e. The molecule has 0 saturated heterocycles. The molecule has 2 aromatic heterocycles. The van der Waals surface area contributed by atoms with Crippen molar-refractivity contribution in [1.82, 2.24) is 9.97 Å². The normalized spacial score (nSPS) is 9.70. The summed E-state index contributed by atoms with van der Waals surface area (Å²) < 4.78 is 0. The van der Waals surface area contributed by atoms with E-state index in [9.17, 15) is 0 Å².